The van der Waals surface area contributed by atoms with E-state index < -0.39 is 21.9 Å². The molecule has 1 aromatic rings. The van der Waals surface area contributed by atoms with Crippen LogP contribution in [0.15, 0.2) is 24.3 Å². The lowest BCUT2D eigenvalue weighted by molar-refractivity contribution is -0.117. The second-order valence-corrected chi connectivity index (χ2v) is 5.89. The molecule has 1 aliphatic heterocycles. The fourth-order valence-corrected chi connectivity index (χ4v) is 2.97. The van der Waals surface area contributed by atoms with E-state index >= 15 is 0 Å². The lowest BCUT2D eigenvalue weighted by Gasteiger charge is -2.16. The minimum atomic E-state index is -4.56. The van der Waals surface area contributed by atoms with Gasteiger partial charge in [0, 0.05) is 30.1 Å². The Labute approximate surface area is 111 Å². The number of rotatable bonds is 3. The van der Waals surface area contributed by atoms with Gasteiger partial charge in [0.1, 0.15) is 0 Å². The van der Waals surface area contributed by atoms with Gasteiger partial charge in [-0.1, -0.05) is 12.0 Å². The van der Waals surface area contributed by atoms with Crippen LogP contribution in [0.3, 0.4) is 0 Å². The van der Waals surface area contributed by atoms with Gasteiger partial charge in [0.05, 0.1) is 5.75 Å². The summed E-state index contributed by atoms with van der Waals surface area (Å²) < 4.78 is 33.9. The van der Waals surface area contributed by atoms with Crippen LogP contribution in [0.4, 0.5) is 9.57 Å². The van der Waals surface area contributed by atoms with E-state index in [9.17, 15) is 17.1 Å². The van der Waals surface area contributed by atoms with Crippen molar-refractivity contribution >= 4 is 21.8 Å². The van der Waals surface area contributed by atoms with E-state index in [1.807, 2.05) is 0 Å². The monoisotopic (exact) mass is 281 g/mol. The first kappa shape index (κ1) is 13.6. The fourth-order valence-electron chi connectivity index (χ4n) is 2.19. The van der Waals surface area contributed by atoms with Crippen molar-refractivity contribution in [2.75, 3.05) is 17.2 Å². The molecular weight excluding hydrogens is 269 g/mol. The summed E-state index contributed by atoms with van der Waals surface area (Å²) >= 11 is 0. The van der Waals surface area contributed by atoms with E-state index in [1.54, 1.807) is 24.3 Å². The van der Waals surface area contributed by atoms with Crippen LogP contribution in [-0.4, -0.2) is 26.6 Å². The predicted octanol–water partition coefficient (Wildman–Crippen LogP) is 1.32. The number of carbonyl (C=O) groups excluding carboxylic acids is 1. The number of carbonyl (C=O) groups is 1. The van der Waals surface area contributed by atoms with Crippen LogP contribution >= 0.6 is 0 Å². The highest BCUT2D eigenvalue weighted by Crippen LogP contribution is 2.26. The second-order valence-electron chi connectivity index (χ2n) is 4.47. The van der Waals surface area contributed by atoms with Crippen molar-refractivity contribution in [1.29, 1.82) is 0 Å². The molecule has 6 heteroatoms. The zero-order chi connectivity index (χ0) is 14.0. The van der Waals surface area contributed by atoms with E-state index in [1.165, 1.54) is 4.90 Å². The first-order valence-electron chi connectivity index (χ1n) is 5.68. The van der Waals surface area contributed by atoms with E-state index in [4.69, 9.17) is 6.42 Å². The molecule has 1 heterocycles. The number of halogens is 1. The first-order valence-corrected chi connectivity index (χ1v) is 7.23. The average molecular weight is 281 g/mol. The topological polar surface area (TPSA) is 54.5 Å². The molecule has 0 radical (unpaired) electrons. The Morgan fingerprint density at radius 2 is 2.21 bits per heavy atom. The molecule has 1 saturated heterocycles. The van der Waals surface area contributed by atoms with Crippen LogP contribution in [0.25, 0.3) is 0 Å². The van der Waals surface area contributed by atoms with E-state index in [0.29, 0.717) is 11.3 Å². The van der Waals surface area contributed by atoms with Gasteiger partial charge in [0.25, 0.3) is 0 Å². The number of hydrogen-bond acceptors (Lipinski definition) is 3. The number of anilines is 1. The van der Waals surface area contributed by atoms with E-state index in [-0.39, 0.29) is 18.9 Å². The molecule has 0 saturated carbocycles. The third-order valence-corrected chi connectivity index (χ3v) is 3.83. The quantitative estimate of drug-likeness (QED) is 0.620. The van der Waals surface area contributed by atoms with Gasteiger partial charge < -0.3 is 4.90 Å². The molecule has 1 unspecified atom stereocenters. The normalized spacial score (nSPS) is 19.5. The summed E-state index contributed by atoms with van der Waals surface area (Å²) in [5.41, 5.74) is 1.24. The average Bonchev–Trinajstić information content (AvgIpc) is 2.68. The molecule has 1 aliphatic rings. The number of benzene rings is 1. The van der Waals surface area contributed by atoms with Crippen LogP contribution in [-0.2, 0) is 15.0 Å². The first-order chi connectivity index (χ1) is 8.89. The highest BCUT2D eigenvalue weighted by Gasteiger charge is 2.33. The molecule has 1 amide bonds. The number of nitrogens with zero attached hydrogens (tertiary/aromatic N) is 1. The van der Waals surface area contributed by atoms with Gasteiger partial charge >= 0.3 is 10.2 Å². The fraction of sp³-hybridized carbons (Fsp3) is 0.308. The molecule has 0 aliphatic carbocycles. The molecule has 100 valence electrons. The Morgan fingerprint density at radius 1 is 1.47 bits per heavy atom. The summed E-state index contributed by atoms with van der Waals surface area (Å²) in [6.45, 7) is 0.190. The van der Waals surface area contributed by atoms with Gasteiger partial charge in [-0.15, -0.1) is 10.3 Å². The Hall–Kier alpha value is -1.87. The number of terminal acetylenes is 1. The maximum atomic E-state index is 12.6. The molecule has 0 N–H and O–H groups in total. The maximum absolute atomic E-state index is 12.6. The molecule has 1 atom stereocenters. The standard InChI is InChI=1S/C13H12FNO3S/c1-2-10-4-3-5-12(6-10)15-8-11(7-13(15)16)9-19(14,17)18/h1,3-6,11H,7-9H2. The third kappa shape index (κ3) is 3.32. The van der Waals surface area contributed by atoms with Gasteiger partial charge in [0.2, 0.25) is 5.91 Å². The molecular formula is C13H12FNO3S. The summed E-state index contributed by atoms with van der Waals surface area (Å²) in [5.74, 6) is 1.10. The van der Waals surface area contributed by atoms with Crippen molar-refractivity contribution in [1.82, 2.24) is 0 Å². The van der Waals surface area contributed by atoms with Gasteiger partial charge in [-0.3, -0.25) is 4.79 Å². The summed E-state index contributed by atoms with van der Waals surface area (Å²) in [4.78, 5) is 13.3. The molecule has 0 spiro atoms. The highest BCUT2D eigenvalue weighted by atomic mass is 32.3. The van der Waals surface area contributed by atoms with Crippen molar-refractivity contribution in [3.63, 3.8) is 0 Å². The van der Waals surface area contributed by atoms with Crippen LogP contribution in [0.2, 0.25) is 0 Å². The van der Waals surface area contributed by atoms with Gasteiger partial charge in [0.15, 0.2) is 0 Å². The van der Waals surface area contributed by atoms with Crippen LogP contribution in [0.1, 0.15) is 12.0 Å². The van der Waals surface area contributed by atoms with Crippen molar-refractivity contribution in [2.45, 2.75) is 6.42 Å². The van der Waals surface area contributed by atoms with Crippen molar-refractivity contribution in [3.8, 4) is 12.3 Å². The largest absolute Gasteiger partial charge is 0.312 e. The van der Waals surface area contributed by atoms with E-state index in [2.05, 4.69) is 5.92 Å². The number of amides is 1. The summed E-state index contributed by atoms with van der Waals surface area (Å²) in [7, 11) is -4.56. The SMILES string of the molecule is C#Cc1cccc(N2CC(CS(=O)(=O)F)CC2=O)c1. The van der Waals surface area contributed by atoms with Gasteiger partial charge in [-0.05, 0) is 18.2 Å². The molecule has 0 aromatic heterocycles. The Bertz CT molecular complexity index is 648. The minimum absolute atomic E-state index is 0.0312. The zero-order valence-electron chi connectivity index (χ0n) is 10.0. The highest BCUT2D eigenvalue weighted by molar-refractivity contribution is 7.86. The molecule has 4 nitrogen and oxygen atoms in total. The molecule has 19 heavy (non-hydrogen) atoms. The second kappa shape index (κ2) is 5.02. The van der Waals surface area contributed by atoms with E-state index in [0.717, 1.165) is 0 Å². The molecule has 1 fully saturated rings. The molecule has 0 bridgehead atoms. The van der Waals surface area contributed by atoms with Crippen molar-refractivity contribution in [3.05, 3.63) is 29.8 Å². The summed E-state index contributed by atoms with van der Waals surface area (Å²) in [6.07, 6.45) is 5.31. The van der Waals surface area contributed by atoms with Gasteiger partial charge in [-0.2, -0.15) is 8.42 Å². The maximum Gasteiger partial charge on any atom is 0.302 e. The van der Waals surface area contributed by atoms with Crippen LogP contribution in [0.5, 0.6) is 0 Å². The summed E-state index contributed by atoms with van der Waals surface area (Å²) in [6, 6.07) is 6.83. The Morgan fingerprint density at radius 3 is 2.84 bits per heavy atom. The molecule has 2 rings (SSSR count). The predicted molar refractivity (Wildman–Crippen MR) is 69.7 cm³/mol. The Balaban J connectivity index is 2.18. The minimum Gasteiger partial charge on any atom is -0.312 e. The summed E-state index contributed by atoms with van der Waals surface area (Å²) in [5, 5.41) is 0. The van der Waals surface area contributed by atoms with Crippen molar-refractivity contribution < 1.29 is 17.1 Å². The Kier molecular flexibility index (Phi) is 3.58. The lowest BCUT2D eigenvalue weighted by atomic mass is 10.1. The van der Waals surface area contributed by atoms with Gasteiger partial charge in [-0.25, -0.2) is 0 Å². The van der Waals surface area contributed by atoms with Crippen LogP contribution < -0.4 is 4.90 Å². The third-order valence-electron chi connectivity index (χ3n) is 2.96. The zero-order valence-corrected chi connectivity index (χ0v) is 10.9. The number of hydrogen-bond donors (Lipinski definition) is 0. The molecule has 1 aromatic carbocycles. The van der Waals surface area contributed by atoms with Crippen LogP contribution in [0, 0.1) is 18.3 Å². The lowest BCUT2D eigenvalue weighted by Crippen LogP contribution is -2.25. The smallest absolute Gasteiger partial charge is 0.302 e. The van der Waals surface area contributed by atoms with Crippen molar-refractivity contribution in [2.24, 2.45) is 5.92 Å².